The summed E-state index contributed by atoms with van der Waals surface area (Å²) in [6.45, 7) is 10.7. The first-order valence-corrected chi connectivity index (χ1v) is 20.7. The summed E-state index contributed by atoms with van der Waals surface area (Å²) < 4.78 is 18.3. The fraction of sp³-hybridized carbons (Fsp3) is 0.458. The molecule has 4 aromatic rings. The molecule has 0 saturated heterocycles. The molecule has 0 aromatic heterocycles. The summed E-state index contributed by atoms with van der Waals surface area (Å²) in [5, 5.41) is 28.4. The van der Waals surface area contributed by atoms with Crippen LogP contribution in [-0.2, 0) is 9.94 Å². The zero-order chi connectivity index (χ0) is 40.0. The summed E-state index contributed by atoms with van der Waals surface area (Å²) in [7, 11) is 0. The Morgan fingerprint density at radius 3 is 1.39 bits per heavy atom. The molecule has 1 heterocycles. The summed E-state index contributed by atoms with van der Waals surface area (Å²) in [5.74, 6) is 1.11. The lowest BCUT2D eigenvalue weighted by molar-refractivity contribution is -0.548. The molecule has 8 heteroatoms. The van der Waals surface area contributed by atoms with Gasteiger partial charge in [-0.3, -0.25) is 4.74 Å². The molecule has 299 valence electrons. The van der Waals surface area contributed by atoms with Crippen molar-refractivity contribution in [2.24, 2.45) is 0 Å². The van der Waals surface area contributed by atoms with E-state index in [2.05, 4.69) is 13.8 Å². The van der Waals surface area contributed by atoms with Gasteiger partial charge < -0.3 is 19.4 Å². The number of unbranched alkanes of at least 4 members (excludes halogenated alkanes) is 10. The molecule has 0 amide bonds. The van der Waals surface area contributed by atoms with E-state index in [1.165, 1.54) is 64.2 Å². The zero-order valence-electron chi connectivity index (χ0n) is 34.2. The van der Waals surface area contributed by atoms with E-state index in [0.717, 1.165) is 51.7 Å². The Bertz CT molecular complexity index is 1840. The van der Waals surface area contributed by atoms with E-state index >= 15 is 0 Å². The maximum atomic E-state index is 13.9. The summed E-state index contributed by atoms with van der Waals surface area (Å²) in [6, 6.07) is 30.5. The SMILES string of the molecule is CCCCCCCCOc1ccc(-c2ccc(C(=O)OC[C@]3(C)[N+]([O-])=C(c4ccc(-c5ccc(OCCCCCCCC)cc5)cc4)N([O])C3(C)C)cc2)cc1. The van der Waals surface area contributed by atoms with Gasteiger partial charge in [0.15, 0.2) is 11.1 Å². The summed E-state index contributed by atoms with van der Waals surface area (Å²) in [4.78, 5) is 13.2. The average Bonchev–Trinajstić information content (AvgIpc) is 3.35. The van der Waals surface area contributed by atoms with Gasteiger partial charge in [-0.05, 0) is 104 Å². The standard InChI is InChI=1S/C48H61N2O6/c1-6-8-10-12-14-16-34-54-43-30-26-39(27-31-43)37-18-22-41(23-19-37)45-49(52)47(3,4)48(5,50(45)53)36-56-46(51)42-24-20-38(21-25-42)40-28-32-44(33-29-40)55-35-17-15-13-11-9-7-2/h18-33H,6-17,34-36H2,1-5H3/t48-/m0/s1. The number of carbonyl (C=O) groups is 1. The number of hydrogen-bond acceptors (Lipinski definition) is 6. The highest BCUT2D eigenvalue weighted by Crippen LogP contribution is 2.39. The highest BCUT2D eigenvalue weighted by Gasteiger charge is 2.63. The molecule has 0 fully saturated rings. The third kappa shape index (κ3) is 10.5. The fourth-order valence-electron chi connectivity index (χ4n) is 7.05. The maximum absolute atomic E-state index is 13.9. The van der Waals surface area contributed by atoms with Crippen molar-refractivity contribution in [2.45, 2.75) is 123 Å². The molecule has 1 atom stereocenters. The summed E-state index contributed by atoms with van der Waals surface area (Å²) >= 11 is 0. The molecule has 1 radical (unpaired) electrons. The summed E-state index contributed by atoms with van der Waals surface area (Å²) in [5.41, 5.74) is 2.24. The van der Waals surface area contributed by atoms with Crippen molar-refractivity contribution in [3.63, 3.8) is 0 Å². The number of amidine groups is 1. The second-order valence-corrected chi connectivity index (χ2v) is 15.8. The van der Waals surface area contributed by atoms with Gasteiger partial charge >= 0.3 is 11.8 Å². The molecule has 56 heavy (non-hydrogen) atoms. The third-order valence-corrected chi connectivity index (χ3v) is 11.3. The van der Waals surface area contributed by atoms with E-state index in [-0.39, 0.29) is 12.4 Å². The second kappa shape index (κ2) is 20.4. The number of nitrogens with zero attached hydrogens (tertiary/aromatic N) is 2. The number of benzene rings is 4. The topological polar surface area (TPSA) is 94.0 Å². The monoisotopic (exact) mass is 761 g/mol. The van der Waals surface area contributed by atoms with Crippen LogP contribution in [0.15, 0.2) is 97.1 Å². The van der Waals surface area contributed by atoms with Crippen LogP contribution >= 0.6 is 0 Å². The van der Waals surface area contributed by atoms with Gasteiger partial charge in [0.1, 0.15) is 18.1 Å². The van der Waals surface area contributed by atoms with Gasteiger partial charge in [-0.1, -0.05) is 132 Å². The predicted octanol–water partition coefficient (Wildman–Crippen LogP) is 11.8. The van der Waals surface area contributed by atoms with Crippen LogP contribution in [0.4, 0.5) is 0 Å². The van der Waals surface area contributed by atoms with E-state index in [1.54, 1.807) is 45.0 Å². The van der Waals surface area contributed by atoms with E-state index in [0.29, 0.717) is 29.1 Å². The predicted molar refractivity (Wildman–Crippen MR) is 225 cm³/mol. The van der Waals surface area contributed by atoms with Gasteiger partial charge in [0, 0.05) is 5.21 Å². The van der Waals surface area contributed by atoms with Gasteiger partial charge in [0.25, 0.3) is 0 Å². The lowest BCUT2D eigenvalue weighted by Crippen LogP contribution is -2.58. The number of ether oxygens (including phenoxy) is 3. The van der Waals surface area contributed by atoms with Crippen molar-refractivity contribution in [1.29, 1.82) is 0 Å². The van der Waals surface area contributed by atoms with Crippen LogP contribution in [0.3, 0.4) is 0 Å². The first kappa shape index (κ1) is 42.3. The normalized spacial score (nSPS) is 16.3. The molecule has 0 aliphatic carbocycles. The number of hydrogen-bond donors (Lipinski definition) is 0. The number of hydroxylamine groups is 3. The number of esters is 1. The fourth-order valence-corrected chi connectivity index (χ4v) is 7.05. The minimum atomic E-state index is -1.34. The Morgan fingerprint density at radius 2 is 0.946 bits per heavy atom. The Morgan fingerprint density at radius 1 is 0.571 bits per heavy atom. The molecule has 1 aliphatic rings. The average molecular weight is 762 g/mol. The van der Waals surface area contributed by atoms with Crippen LogP contribution in [0.5, 0.6) is 11.5 Å². The van der Waals surface area contributed by atoms with Crippen LogP contribution in [0.2, 0.25) is 0 Å². The molecular weight excluding hydrogens is 701 g/mol. The Kier molecular flexibility index (Phi) is 15.4. The zero-order valence-corrected chi connectivity index (χ0v) is 34.2. The highest BCUT2D eigenvalue weighted by atomic mass is 16.6. The van der Waals surface area contributed by atoms with E-state index in [9.17, 15) is 15.2 Å². The molecule has 4 aromatic carbocycles. The van der Waals surface area contributed by atoms with Crippen molar-refractivity contribution in [3.8, 4) is 33.8 Å². The van der Waals surface area contributed by atoms with Crippen molar-refractivity contribution in [1.82, 2.24) is 5.06 Å². The minimum Gasteiger partial charge on any atom is -0.714 e. The molecule has 5 rings (SSSR count). The van der Waals surface area contributed by atoms with Crippen molar-refractivity contribution >= 4 is 11.8 Å². The largest absolute Gasteiger partial charge is 0.714 e. The molecule has 0 N–H and O–H groups in total. The van der Waals surface area contributed by atoms with Crippen molar-refractivity contribution in [3.05, 3.63) is 113 Å². The number of rotatable bonds is 22. The van der Waals surface area contributed by atoms with Gasteiger partial charge in [0.2, 0.25) is 0 Å². The Hall–Kier alpha value is -4.82. The van der Waals surface area contributed by atoms with Crippen LogP contribution in [0, 0.1) is 5.21 Å². The maximum Gasteiger partial charge on any atom is 0.338 e. The molecular formula is C48H61N2O6. The van der Waals surface area contributed by atoms with Gasteiger partial charge in [-0.25, -0.2) is 4.79 Å². The lowest BCUT2D eigenvalue weighted by Gasteiger charge is -2.35. The Balaban J connectivity index is 1.15. The third-order valence-electron chi connectivity index (χ3n) is 11.3. The molecule has 0 spiro atoms. The van der Waals surface area contributed by atoms with Gasteiger partial charge in [-0.2, -0.15) is 0 Å². The van der Waals surface area contributed by atoms with Crippen LogP contribution in [0.1, 0.15) is 128 Å². The van der Waals surface area contributed by atoms with Crippen molar-refractivity contribution in [2.75, 3.05) is 19.8 Å². The lowest BCUT2D eigenvalue weighted by atomic mass is 9.83. The van der Waals surface area contributed by atoms with Crippen LogP contribution < -0.4 is 9.47 Å². The van der Waals surface area contributed by atoms with Gasteiger partial charge in [-0.15, -0.1) is 0 Å². The summed E-state index contributed by atoms with van der Waals surface area (Å²) in [6.07, 6.45) is 14.7. The first-order chi connectivity index (χ1) is 27.1. The number of carbonyl (C=O) groups excluding carboxylic acids is 1. The minimum absolute atomic E-state index is 0.0123. The van der Waals surface area contributed by atoms with E-state index < -0.39 is 17.0 Å². The smallest absolute Gasteiger partial charge is 0.338 e. The van der Waals surface area contributed by atoms with Crippen LogP contribution in [-0.4, -0.2) is 52.5 Å². The van der Waals surface area contributed by atoms with Gasteiger partial charge in [0.05, 0.1) is 24.3 Å². The molecule has 0 bridgehead atoms. The second-order valence-electron chi connectivity index (χ2n) is 15.8. The Labute approximate surface area is 334 Å². The van der Waals surface area contributed by atoms with E-state index in [1.807, 2.05) is 72.8 Å². The molecule has 0 unspecified atom stereocenters. The van der Waals surface area contributed by atoms with Crippen LogP contribution in [0.25, 0.3) is 22.3 Å². The van der Waals surface area contributed by atoms with Crippen molar-refractivity contribution < 1.29 is 29.0 Å². The quantitative estimate of drug-likeness (QED) is 0.0342. The molecule has 8 nitrogen and oxygen atoms in total. The molecule has 0 saturated carbocycles. The molecule has 1 aliphatic heterocycles. The first-order valence-electron chi connectivity index (χ1n) is 20.7. The van der Waals surface area contributed by atoms with E-state index in [4.69, 9.17) is 14.2 Å². The highest BCUT2D eigenvalue weighted by molar-refractivity contribution is 5.96.